The van der Waals surface area contributed by atoms with Gasteiger partial charge in [0.05, 0.1) is 5.92 Å². The van der Waals surface area contributed by atoms with E-state index in [2.05, 4.69) is 0 Å². The molecule has 2 unspecified atom stereocenters. The third kappa shape index (κ3) is 4.74. The predicted octanol–water partition coefficient (Wildman–Crippen LogP) is 2.11. The molecule has 5 heteroatoms. The highest BCUT2D eigenvalue weighted by atomic mass is 16.4. The van der Waals surface area contributed by atoms with Crippen molar-refractivity contribution in [2.24, 2.45) is 17.6 Å². The van der Waals surface area contributed by atoms with E-state index in [4.69, 9.17) is 10.8 Å². The molecule has 0 radical (unpaired) electrons. The van der Waals surface area contributed by atoms with Gasteiger partial charge in [-0.25, -0.2) is 0 Å². The first-order valence-corrected chi connectivity index (χ1v) is 6.91. The average Bonchev–Trinajstić information content (AvgIpc) is 2.42. The fourth-order valence-corrected chi connectivity index (χ4v) is 2.32. The summed E-state index contributed by atoms with van der Waals surface area (Å²) in [6.45, 7) is 2.16. The number of phenolic OH excluding ortho intramolecular Hbond substituents is 2. The maximum atomic E-state index is 11.0. The Hall–Kier alpha value is -1.75. The van der Waals surface area contributed by atoms with Crippen LogP contribution in [-0.2, 0) is 11.2 Å². The zero-order valence-electron chi connectivity index (χ0n) is 11.7. The van der Waals surface area contributed by atoms with Crippen LogP contribution in [0, 0.1) is 11.8 Å². The summed E-state index contributed by atoms with van der Waals surface area (Å²) >= 11 is 0. The number of benzene rings is 1. The van der Waals surface area contributed by atoms with E-state index in [0.29, 0.717) is 18.4 Å². The molecule has 20 heavy (non-hydrogen) atoms. The van der Waals surface area contributed by atoms with E-state index >= 15 is 0 Å². The molecule has 0 fully saturated rings. The first kappa shape index (κ1) is 16.3. The lowest BCUT2D eigenvalue weighted by Crippen LogP contribution is -2.26. The Morgan fingerprint density at radius 1 is 1.35 bits per heavy atom. The second kappa shape index (κ2) is 7.75. The van der Waals surface area contributed by atoms with Crippen molar-refractivity contribution < 1.29 is 20.1 Å². The van der Waals surface area contributed by atoms with Crippen molar-refractivity contribution in [3.05, 3.63) is 23.8 Å². The van der Waals surface area contributed by atoms with Crippen molar-refractivity contribution in [3.8, 4) is 11.5 Å². The Balaban J connectivity index is 2.60. The molecule has 1 aromatic rings. The molecule has 0 aliphatic heterocycles. The highest BCUT2D eigenvalue weighted by Gasteiger charge is 2.20. The third-order valence-corrected chi connectivity index (χ3v) is 3.71. The molecule has 0 aliphatic rings. The van der Waals surface area contributed by atoms with Crippen LogP contribution >= 0.6 is 0 Å². The van der Waals surface area contributed by atoms with Crippen molar-refractivity contribution in [1.29, 1.82) is 0 Å². The quantitative estimate of drug-likeness (QED) is 0.546. The lowest BCUT2D eigenvalue weighted by Gasteiger charge is -2.19. The number of carboxylic acids is 1. The Morgan fingerprint density at radius 2 is 2.05 bits per heavy atom. The molecule has 0 amide bonds. The van der Waals surface area contributed by atoms with E-state index in [-0.39, 0.29) is 24.0 Å². The Kier molecular flexibility index (Phi) is 6.31. The molecule has 0 heterocycles. The van der Waals surface area contributed by atoms with Crippen molar-refractivity contribution >= 4 is 5.97 Å². The van der Waals surface area contributed by atoms with E-state index in [1.807, 2.05) is 6.92 Å². The van der Waals surface area contributed by atoms with Crippen molar-refractivity contribution in [2.75, 3.05) is 6.54 Å². The zero-order chi connectivity index (χ0) is 15.1. The number of phenols is 2. The molecule has 0 spiro atoms. The Morgan fingerprint density at radius 3 is 2.60 bits per heavy atom. The van der Waals surface area contributed by atoms with Crippen molar-refractivity contribution in [3.63, 3.8) is 0 Å². The van der Waals surface area contributed by atoms with E-state index in [0.717, 1.165) is 12.8 Å². The Bertz CT molecular complexity index is 447. The fraction of sp³-hybridized carbons (Fsp3) is 0.533. The molecule has 0 aliphatic carbocycles. The van der Waals surface area contributed by atoms with Crippen LogP contribution in [0.15, 0.2) is 18.2 Å². The molecule has 2 atom stereocenters. The number of aryl methyl sites for hydroxylation is 1. The first-order chi connectivity index (χ1) is 9.47. The lowest BCUT2D eigenvalue weighted by molar-refractivity contribution is -0.142. The van der Waals surface area contributed by atoms with Crippen LogP contribution in [0.1, 0.15) is 31.7 Å². The smallest absolute Gasteiger partial charge is 0.307 e. The van der Waals surface area contributed by atoms with E-state index in [1.54, 1.807) is 6.07 Å². The van der Waals surface area contributed by atoms with E-state index in [1.165, 1.54) is 12.1 Å². The van der Waals surface area contributed by atoms with Crippen LogP contribution in [0.25, 0.3) is 0 Å². The maximum Gasteiger partial charge on any atom is 0.307 e. The standard InChI is InChI=1S/C15H23NO4/c1-2-10(7-12(9-16)15(19)20)3-4-11-8-13(17)5-6-14(11)18/h5-6,8,10,12,17-18H,2-4,7,9,16H2,1H3,(H,19,20). The van der Waals surface area contributed by atoms with Gasteiger partial charge in [0, 0.05) is 6.54 Å². The first-order valence-electron chi connectivity index (χ1n) is 6.91. The van der Waals surface area contributed by atoms with Gasteiger partial charge in [0.25, 0.3) is 0 Å². The minimum Gasteiger partial charge on any atom is -0.508 e. The van der Waals surface area contributed by atoms with Crippen molar-refractivity contribution in [1.82, 2.24) is 0 Å². The van der Waals surface area contributed by atoms with Crippen LogP contribution in [0.5, 0.6) is 11.5 Å². The number of aromatic hydroxyl groups is 2. The van der Waals surface area contributed by atoms with Crippen LogP contribution in [-0.4, -0.2) is 27.8 Å². The van der Waals surface area contributed by atoms with Crippen LogP contribution in [0.4, 0.5) is 0 Å². The van der Waals surface area contributed by atoms with E-state index < -0.39 is 11.9 Å². The number of hydrogen-bond donors (Lipinski definition) is 4. The molecule has 1 aromatic carbocycles. The molecular formula is C15H23NO4. The lowest BCUT2D eigenvalue weighted by atomic mass is 9.88. The molecule has 0 saturated heterocycles. The zero-order valence-corrected chi connectivity index (χ0v) is 11.7. The minimum atomic E-state index is -0.855. The third-order valence-electron chi connectivity index (χ3n) is 3.71. The number of nitrogens with two attached hydrogens (primary N) is 1. The summed E-state index contributed by atoms with van der Waals surface area (Å²) in [5.41, 5.74) is 6.16. The normalized spacial score (nSPS) is 13.9. The van der Waals surface area contributed by atoms with Gasteiger partial charge in [-0.3, -0.25) is 4.79 Å². The highest BCUT2D eigenvalue weighted by Crippen LogP contribution is 2.27. The predicted molar refractivity (Wildman–Crippen MR) is 76.7 cm³/mol. The highest BCUT2D eigenvalue weighted by molar-refractivity contribution is 5.70. The number of carboxylic acid groups (broad SMARTS) is 1. The Labute approximate surface area is 119 Å². The number of carbonyl (C=O) groups is 1. The molecule has 0 aromatic heterocycles. The largest absolute Gasteiger partial charge is 0.508 e. The molecule has 5 N–H and O–H groups in total. The fourth-order valence-electron chi connectivity index (χ4n) is 2.32. The maximum absolute atomic E-state index is 11.0. The van der Waals surface area contributed by atoms with Gasteiger partial charge in [0.15, 0.2) is 0 Å². The summed E-state index contributed by atoms with van der Waals surface area (Å²) in [5, 5.41) is 28.2. The molecule has 112 valence electrons. The topological polar surface area (TPSA) is 104 Å². The molecular weight excluding hydrogens is 258 g/mol. The summed E-state index contributed by atoms with van der Waals surface area (Å²) in [7, 11) is 0. The van der Waals surface area contributed by atoms with E-state index in [9.17, 15) is 15.0 Å². The van der Waals surface area contributed by atoms with Crippen LogP contribution < -0.4 is 5.73 Å². The second-order valence-corrected chi connectivity index (χ2v) is 5.13. The van der Waals surface area contributed by atoms with Gasteiger partial charge in [-0.05, 0) is 48.9 Å². The second-order valence-electron chi connectivity index (χ2n) is 5.13. The average molecular weight is 281 g/mol. The summed E-state index contributed by atoms with van der Waals surface area (Å²) in [4.78, 5) is 11.0. The summed E-state index contributed by atoms with van der Waals surface area (Å²) < 4.78 is 0. The number of aliphatic carboxylic acids is 1. The van der Waals surface area contributed by atoms with Gasteiger partial charge < -0.3 is 21.1 Å². The molecule has 5 nitrogen and oxygen atoms in total. The minimum absolute atomic E-state index is 0.121. The van der Waals surface area contributed by atoms with Gasteiger partial charge in [0.2, 0.25) is 0 Å². The van der Waals surface area contributed by atoms with Gasteiger partial charge in [-0.15, -0.1) is 0 Å². The monoisotopic (exact) mass is 281 g/mol. The van der Waals surface area contributed by atoms with Gasteiger partial charge in [-0.2, -0.15) is 0 Å². The number of rotatable bonds is 8. The van der Waals surface area contributed by atoms with Gasteiger partial charge >= 0.3 is 5.97 Å². The summed E-state index contributed by atoms with van der Waals surface area (Å²) in [6.07, 6.45) is 2.78. The molecule has 0 bridgehead atoms. The molecule has 0 saturated carbocycles. The summed E-state index contributed by atoms with van der Waals surface area (Å²) in [5.74, 6) is -0.854. The van der Waals surface area contributed by atoms with Crippen LogP contribution in [0.3, 0.4) is 0 Å². The SMILES string of the molecule is CCC(CCc1cc(O)ccc1O)CC(CN)C(=O)O. The van der Waals surface area contributed by atoms with Gasteiger partial charge in [-0.1, -0.05) is 13.3 Å². The molecule has 1 rings (SSSR count). The van der Waals surface area contributed by atoms with Gasteiger partial charge in [0.1, 0.15) is 11.5 Å². The summed E-state index contributed by atoms with van der Waals surface area (Å²) in [6, 6.07) is 4.44. The number of hydrogen-bond acceptors (Lipinski definition) is 4. The van der Waals surface area contributed by atoms with Crippen molar-refractivity contribution in [2.45, 2.75) is 32.6 Å². The van der Waals surface area contributed by atoms with Crippen LogP contribution in [0.2, 0.25) is 0 Å².